The first-order valence-corrected chi connectivity index (χ1v) is 9.32. The van der Waals surface area contributed by atoms with Gasteiger partial charge in [-0.3, -0.25) is 4.79 Å². The van der Waals surface area contributed by atoms with E-state index in [1.54, 1.807) is 5.57 Å². The molecule has 0 spiro atoms. The molecule has 0 saturated carbocycles. The summed E-state index contributed by atoms with van der Waals surface area (Å²) in [7, 11) is 0. The summed E-state index contributed by atoms with van der Waals surface area (Å²) in [5, 5.41) is 13.7. The minimum atomic E-state index is -0.718. The number of aliphatic carboxylic acids is 1. The minimum Gasteiger partial charge on any atom is -0.481 e. The molecule has 0 amide bonds. The molecule has 0 aromatic carbocycles. The average molecular weight is 322 g/mol. The lowest BCUT2D eigenvalue weighted by molar-refractivity contribution is -0.171. The van der Waals surface area contributed by atoms with E-state index in [-0.39, 0.29) is 10.8 Å². The van der Waals surface area contributed by atoms with Gasteiger partial charge in [0.05, 0.1) is 5.41 Å². The first kappa shape index (κ1) is 18.5. The van der Waals surface area contributed by atoms with E-state index in [0.717, 1.165) is 32.4 Å². The predicted molar refractivity (Wildman–Crippen MR) is 95.4 cm³/mol. The Labute approximate surface area is 141 Å². The van der Waals surface area contributed by atoms with Crippen LogP contribution in [0.3, 0.4) is 0 Å². The van der Waals surface area contributed by atoms with E-state index in [1.165, 1.54) is 18.4 Å². The maximum Gasteiger partial charge on any atom is 0.310 e. The van der Waals surface area contributed by atoms with Crippen LogP contribution < -0.4 is 5.32 Å². The summed E-state index contributed by atoms with van der Waals surface area (Å²) in [6.45, 7) is 15.1. The van der Waals surface area contributed by atoms with Gasteiger partial charge in [-0.1, -0.05) is 38.8 Å². The average Bonchev–Trinajstić information content (AvgIpc) is 2.56. The van der Waals surface area contributed by atoms with Crippen LogP contribution in [0.1, 0.15) is 73.6 Å². The highest BCUT2D eigenvalue weighted by molar-refractivity contribution is 5.78. The zero-order chi connectivity index (χ0) is 17.5. The van der Waals surface area contributed by atoms with Crippen molar-refractivity contribution in [3.8, 4) is 0 Å². The highest BCUT2D eigenvalue weighted by atomic mass is 16.4. The van der Waals surface area contributed by atoms with Crippen molar-refractivity contribution in [2.75, 3.05) is 13.1 Å². The van der Waals surface area contributed by atoms with Gasteiger partial charge in [-0.15, -0.1) is 0 Å². The summed E-state index contributed by atoms with van der Waals surface area (Å²) in [5.74, 6) is 0.00116. The van der Waals surface area contributed by atoms with Crippen molar-refractivity contribution in [3.63, 3.8) is 0 Å². The van der Waals surface area contributed by atoms with Crippen molar-refractivity contribution in [2.24, 2.45) is 22.2 Å². The molecule has 0 aromatic heterocycles. The van der Waals surface area contributed by atoms with Gasteiger partial charge >= 0.3 is 5.97 Å². The number of allylic oxidation sites excluding steroid dienone is 2. The number of hydrogen-bond donors (Lipinski definition) is 2. The van der Waals surface area contributed by atoms with Gasteiger partial charge in [0, 0.05) is 5.41 Å². The van der Waals surface area contributed by atoms with Crippen molar-refractivity contribution in [1.82, 2.24) is 5.32 Å². The molecule has 0 bridgehead atoms. The molecule has 2 aliphatic rings. The monoisotopic (exact) mass is 321 g/mol. The second-order valence-corrected chi connectivity index (χ2v) is 8.38. The van der Waals surface area contributed by atoms with Crippen LogP contribution in [0.5, 0.6) is 0 Å². The van der Waals surface area contributed by atoms with Gasteiger partial charge in [-0.05, 0) is 70.4 Å². The zero-order valence-corrected chi connectivity index (χ0v) is 15.9. The normalized spacial score (nSPS) is 39.6. The van der Waals surface area contributed by atoms with Crippen molar-refractivity contribution >= 4 is 5.97 Å². The smallest absolute Gasteiger partial charge is 0.310 e. The number of nitrogens with one attached hydrogen (secondary N) is 1. The van der Waals surface area contributed by atoms with Gasteiger partial charge in [-0.2, -0.15) is 0 Å². The number of carbonyl (C=O) groups is 1. The molecule has 2 N–H and O–H groups in total. The number of hydrogen-bond acceptors (Lipinski definition) is 2. The van der Waals surface area contributed by atoms with Crippen molar-refractivity contribution in [2.45, 2.75) is 73.6 Å². The molecule has 1 aliphatic heterocycles. The third kappa shape index (κ3) is 2.47. The molecule has 0 aromatic rings. The van der Waals surface area contributed by atoms with E-state index >= 15 is 0 Å². The number of rotatable bonds is 4. The lowest BCUT2D eigenvalue weighted by atomic mass is 9.43. The van der Waals surface area contributed by atoms with Crippen LogP contribution in [0.15, 0.2) is 11.1 Å². The Morgan fingerprint density at radius 2 is 1.74 bits per heavy atom. The summed E-state index contributed by atoms with van der Waals surface area (Å²) in [6.07, 6.45) is 5.11. The lowest BCUT2D eigenvalue weighted by Gasteiger charge is -2.59. The number of carboxylic acid groups (broad SMARTS) is 1. The van der Waals surface area contributed by atoms with Gasteiger partial charge in [0.25, 0.3) is 0 Å². The van der Waals surface area contributed by atoms with Crippen LogP contribution in [0, 0.1) is 22.2 Å². The number of piperidine rings is 1. The van der Waals surface area contributed by atoms with Crippen molar-refractivity contribution in [3.05, 3.63) is 11.1 Å². The molecule has 1 saturated heterocycles. The molecule has 3 atom stereocenters. The van der Waals surface area contributed by atoms with E-state index in [1.807, 2.05) is 6.92 Å². The summed E-state index contributed by atoms with van der Waals surface area (Å²) >= 11 is 0. The standard InChI is InChI=1S/C20H35NO2/c1-7-18(4)13-16(15-9-11-21-12-10-15)14(3)19(5,8-2)20(18,6)17(22)23/h15,21H,7-13H2,1-6H3,(H,22,23). The Hall–Kier alpha value is -0.830. The quantitative estimate of drug-likeness (QED) is 0.742. The molecule has 1 heterocycles. The molecule has 3 unspecified atom stereocenters. The van der Waals surface area contributed by atoms with Gasteiger partial charge in [-0.25, -0.2) is 0 Å². The fourth-order valence-electron chi connectivity index (χ4n) is 5.34. The Bertz CT molecular complexity index is 506. The molecule has 2 rings (SSSR count). The molecule has 1 fully saturated rings. The molecule has 132 valence electrons. The van der Waals surface area contributed by atoms with Crippen LogP contribution in [-0.4, -0.2) is 24.2 Å². The van der Waals surface area contributed by atoms with E-state index in [4.69, 9.17) is 0 Å². The van der Waals surface area contributed by atoms with Gasteiger partial charge in [0.2, 0.25) is 0 Å². The minimum absolute atomic E-state index is 0.191. The molecule has 3 heteroatoms. The number of carboxylic acids is 1. The second-order valence-electron chi connectivity index (χ2n) is 8.38. The van der Waals surface area contributed by atoms with Crippen LogP contribution in [0.2, 0.25) is 0 Å². The highest BCUT2D eigenvalue weighted by Crippen LogP contribution is 2.65. The Balaban J connectivity index is 2.62. The first-order chi connectivity index (χ1) is 10.7. The predicted octanol–water partition coefficient (Wildman–Crippen LogP) is 4.63. The SMILES string of the molecule is CCC1(C)CC(C2CCNCC2)=C(C)C(C)(CC)C1(C)C(=O)O. The topological polar surface area (TPSA) is 49.3 Å². The zero-order valence-electron chi connectivity index (χ0n) is 15.9. The third-order valence-corrected chi connectivity index (χ3v) is 7.95. The highest BCUT2D eigenvalue weighted by Gasteiger charge is 2.63. The maximum absolute atomic E-state index is 12.4. The molecule has 3 nitrogen and oxygen atoms in total. The maximum atomic E-state index is 12.4. The molecule has 1 aliphatic carbocycles. The molecular weight excluding hydrogens is 286 g/mol. The lowest BCUT2D eigenvalue weighted by Crippen LogP contribution is -2.58. The largest absolute Gasteiger partial charge is 0.481 e. The summed E-state index contributed by atoms with van der Waals surface area (Å²) in [5.41, 5.74) is 1.75. The van der Waals surface area contributed by atoms with Crippen molar-refractivity contribution in [1.29, 1.82) is 0 Å². The Morgan fingerprint density at radius 1 is 1.17 bits per heavy atom. The van der Waals surface area contributed by atoms with Gasteiger partial charge in [0.1, 0.15) is 0 Å². The third-order valence-electron chi connectivity index (χ3n) is 7.95. The van der Waals surface area contributed by atoms with Gasteiger partial charge < -0.3 is 10.4 Å². The Kier molecular flexibility index (Phi) is 5.02. The van der Waals surface area contributed by atoms with E-state index < -0.39 is 11.4 Å². The molecular formula is C20H35NO2. The molecule has 23 heavy (non-hydrogen) atoms. The second kappa shape index (κ2) is 6.23. The van der Waals surface area contributed by atoms with E-state index in [2.05, 4.69) is 39.9 Å². The van der Waals surface area contributed by atoms with Crippen LogP contribution in [-0.2, 0) is 4.79 Å². The van der Waals surface area contributed by atoms with Crippen LogP contribution >= 0.6 is 0 Å². The van der Waals surface area contributed by atoms with E-state index in [9.17, 15) is 9.90 Å². The fourth-order valence-corrected chi connectivity index (χ4v) is 5.34. The fraction of sp³-hybridized carbons (Fsp3) is 0.850. The Morgan fingerprint density at radius 3 is 2.17 bits per heavy atom. The van der Waals surface area contributed by atoms with Gasteiger partial charge in [0.15, 0.2) is 0 Å². The van der Waals surface area contributed by atoms with E-state index in [0.29, 0.717) is 5.92 Å². The summed E-state index contributed by atoms with van der Waals surface area (Å²) < 4.78 is 0. The molecule has 0 radical (unpaired) electrons. The van der Waals surface area contributed by atoms with Crippen molar-refractivity contribution < 1.29 is 9.90 Å². The summed E-state index contributed by atoms with van der Waals surface area (Å²) in [4.78, 5) is 12.4. The van der Waals surface area contributed by atoms with Crippen LogP contribution in [0.25, 0.3) is 0 Å². The van der Waals surface area contributed by atoms with Crippen LogP contribution in [0.4, 0.5) is 0 Å². The first-order valence-electron chi connectivity index (χ1n) is 9.32. The summed E-state index contributed by atoms with van der Waals surface area (Å²) in [6, 6.07) is 0.